The minimum Gasteiger partial charge on any atom is -0.399 e. The lowest BCUT2D eigenvalue weighted by molar-refractivity contribution is 1.34. The van der Waals surface area contributed by atoms with Crippen LogP contribution in [0.1, 0.15) is 0 Å². The number of para-hydroxylation sites is 1. The van der Waals surface area contributed by atoms with Crippen LogP contribution in [0.25, 0.3) is 10.9 Å². The Morgan fingerprint density at radius 3 is 2.75 bits per heavy atom. The van der Waals surface area contributed by atoms with Crippen molar-refractivity contribution in [3.05, 3.63) is 54.6 Å². The van der Waals surface area contributed by atoms with E-state index < -0.39 is 0 Å². The highest BCUT2D eigenvalue weighted by Gasteiger charge is 2.03. The number of nitrogens with one attached hydrogen (secondary N) is 1. The number of thioether (sulfide) groups is 1. The standard InChI is InChI=1S/C16H15N3S/c1-20-15-5-3-2-4-14(15)19-16-9-6-11-10-12(17)7-8-13(11)18-16/h2-10H,17H2,1H3,(H,18,19). The number of hydrogen-bond acceptors (Lipinski definition) is 4. The molecule has 0 bridgehead atoms. The number of rotatable bonds is 3. The molecular weight excluding hydrogens is 266 g/mol. The van der Waals surface area contributed by atoms with E-state index in [-0.39, 0.29) is 0 Å². The van der Waals surface area contributed by atoms with E-state index in [9.17, 15) is 0 Å². The first-order valence-electron chi connectivity index (χ1n) is 6.32. The van der Waals surface area contributed by atoms with Crippen LogP contribution in [0.15, 0.2) is 59.5 Å². The molecule has 100 valence electrons. The number of anilines is 3. The summed E-state index contributed by atoms with van der Waals surface area (Å²) in [6.07, 6.45) is 2.07. The van der Waals surface area contributed by atoms with E-state index in [1.807, 2.05) is 42.5 Å². The fourth-order valence-electron chi connectivity index (χ4n) is 2.10. The van der Waals surface area contributed by atoms with Crippen LogP contribution in [0.3, 0.4) is 0 Å². The van der Waals surface area contributed by atoms with Gasteiger partial charge in [-0.3, -0.25) is 0 Å². The number of hydrogen-bond donors (Lipinski definition) is 2. The van der Waals surface area contributed by atoms with Crippen LogP contribution in [0.5, 0.6) is 0 Å². The molecule has 0 saturated heterocycles. The van der Waals surface area contributed by atoms with Crippen LogP contribution in [0.2, 0.25) is 0 Å². The predicted molar refractivity (Wildman–Crippen MR) is 87.7 cm³/mol. The zero-order valence-electron chi connectivity index (χ0n) is 11.1. The number of nitrogen functional groups attached to an aromatic ring is 1. The number of nitrogens with two attached hydrogens (primary N) is 1. The average molecular weight is 281 g/mol. The van der Waals surface area contributed by atoms with Gasteiger partial charge < -0.3 is 11.1 Å². The molecule has 3 nitrogen and oxygen atoms in total. The lowest BCUT2D eigenvalue weighted by Crippen LogP contribution is -1.95. The SMILES string of the molecule is CSc1ccccc1Nc1ccc2cc(N)ccc2n1. The second-order valence-electron chi connectivity index (χ2n) is 4.47. The molecule has 0 unspecified atom stereocenters. The Labute approximate surface area is 122 Å². The molecular formula is C16H15N3S. The molecule has 0 radical (unpaired) electrons. The minimum atomic E-state index is 0.757. The van der Waals surface area contributed by atoms with Crippen molar-refractivity contribution in [1.82, 2.24) is 4.98 Å². The predicted octanol–water partition coefficient (Wildman–Crippen LogP) is 4.28. The van der Waals surface area contributed by atoms with Crippen molar-refractivity contribution in [1.29, 1.82) is 0 Å². The highest BCUT2D eigenvalue weighted by atomic mass is 32.2. The third-order valence-corrected chi connectivity index (χ3v) is 3.88. The largest absolute Gasteiger partial charge is 0.399 e. The molecule has 0 amide bonds. The third kappa shape index (κ3) is 2.56. The van der Waals surface area contributed by atoms with Crippen molar-refractivity contribution < 1.29 is 0 Å². The van der Waals surface area contributed by atoms with Gasteiger partial charge in [0.25, 0.3) is 0 Å². The van der Waals surface area contributed by atoms with E-state index in [4.69, 9.17) is 5.73 Å². The van der Waals surface area contributed by atoms with Gasteiger partial charge in [-0.25, -0.2) is 4.98 Å². The van der Waals surface area contributed by atoms with Crippen molar-refractivity contribution in [3.63, 3.8) is 0 Å². The topological polar surface area (TPSA) is 50.9 Å². The highest BCUT2D eigenvalue weighted by Crippen LogP contribution is 2.28. The smallest absolute Gasteiger partial charge is 0.131 e. The molecule has 3 aromatic rings. The second-order valence-corrected chi connectivity index (χ2v) is 5.32. The van der Waals surface area contributed by atoms with E-state index in [2.05, 4.69) is 28.7 Å². The van der Waals surface area contributed by atoms with Crippen molar-refractivity contribution in [2.75, 3.05) is 17.3 Å². The summed E-state index contributed by atoms with van der Waals surface area (Å²) in [4.78, 5) is 5.81. The van der Waals surface area contributed by atoms with Crippen LogP contribution in [0.4, 0.5) is 17.2 Å². The van der Waals surface area contributed by atoms with Gasteiger partial charge in [0.2, 0.25) is 0 Å². The summed E-state index contributed by atoms with van der Waals surface area (Å²) in [5.41, 5.74) is 8.54. The summed E-state index contributed by atoms with van der Waals surface area (Å²) < 4.78 is 0. The maximum Gasteiger partial charge on any atom is 0.131 e. The van der Waals surface area contributed by atoms with Crippen LogP contribution >= 0.6 is 11.8 Å². The van der Waals surface area contributed by atoms with Crippen LogP contribution < -0.4 is 11.1 Å². The molecule has 0 atom stereocenters. The van der Waals surface area contributed by atoms with Crippen molar-refractivity contribution in [2.24, 2.45) is 0 Å². The van der Waals surface area contributed by atoms with Gasteiger partial charge in [-0.2, -0.15) is 0 Å². The first kappa shape index (κ1) is 12.8. The second kappa shape index (κ2) is 5.43. The van der Waals surface area contributed by atoms with Gasteiger partial charge in [-0.15, -0.1) is 11.8 Å². The molecule has 0 fully saturated rings. The normalized spacial score (nSPS) is 10.7. The van der Waals surface area contributed by atoms with E-state index in [0.29, 0.717) is 0 Å². The van der Waals surface area contributed by atoms with E-state index in [1.165, 1.54) is 4.90 Å². The van der Waals surface area contributed by atoms with Gasteiger partial charge in [0, 0.05) is 16.0 Å². The molecule has 0 spiro atoms. The van der Waals surface area contributed by atoms with Crippen molar-refractivity contribution >= 4 is 39.9 Å². The molecule has 0 aliphatic heterocycles. The first-order chi connectivity index (χ1) is 9.76. The van der Waals surface area contributed by atoms with Gasteiger partial charge in [0.15, 0.2) is 0 Å². The number of benzene rings is 2. The lowest BCUT2D eigenvalue weighted by atomic mass is 10.2. The van der Waals surface area contributed by atoms with Gasteiger partial charge in [-0.05, 0) is 48.7 Å². The fraction of sp³-hybridized carbons (Fsp3) is 0.0625. The number of pyridine rings is 1. The van der Waals surface area contributed by atoms with Gasteiger partial charge in [0.05, 0.1) is 11.2 Å². The fourth-order valence-corrected chi connectivity index (χ4v) is 2.65. The Hall–Kier alpha value is -2.20. The van der Waals surface area contributed by atoms with Crippen molar-refractivity contribution in [3.8, 4) is 0 Å². The first-order valence-corrected chi connectivity index (χ1v) is 7.55. The van der Waals surface area contributed by atoms with Gasteiger partial charge in [-0.1, -0.05) is 12.1 Å². The summed E-state index contributed by atoms with van der Waals surface area (Å²) in [5, 5.41) is 4.42. The Bertz CT molecular complexity index is 756. The van der Waals surface area contributed by atoms with E-state index in [0.717, 1.165) is 28.1 Å². The van der Waals surface area contributed by atoms with Gasteiger partial charge in [0.1, 0.15) is 5.82 Å². The van der Waals surface area contributed by atoms with Crippen LogP contribution in [0, 0.1) is 0 Å². The van der Waals surface area contributed by atoms with Crippen LogP contribution in [-0.4, -0.2) is 11.2 Å². The lowest BCUT2D eigenvalue weighted by Gasteiger charge is -2.10. The molecule has 1 heterocycles. The molecule has 0 aliphatic rings. The molecule has 3 N–H and O–H groups in total. The van der Waals surface area contributed by atoms with Crippen LogP contribution in [-0.2, 0) is 0 Å². The molecule has 1 aromatic heterocycles. The molecule has 20 heavy (non-hydrogen) atoms. The number of nitrogens with zero attached hydrogens (tertiary/aromatic N) is 1. The Morgan fingerprint density at radius 1 is 1.05 bits per heavy atom. The average Bonchev–Trinajstić information content (AvgIpc) is 2.48. The monoisotopic (exact) mass is 281 g/mol. The summed E-state index contributed by atoms with van der Waals surface area (Å²) in [6, 6.07) is 17.9. The number of aromatic nitrogens is 1. The quantitative estimate of drug-likeness (QED) is 0.555. The Balaban J connectivity index is 1.96. The number of fused-ring (bicyclic) bond motifs is 1. The summed E-state index contributed by atoms with van der Waals surface area (Å²) in [6.45, 7) is 0. The third-order valence-electron chi connectivity index (χ3n) is 3.08. The Kier molecular flexibility index (Phi) is 3.48. The summed E-state index contributed by atoms with van der Waals surface area (Å²) >= 11 is 1.71. The maximum atomic E-state index is 5.78. The van der Waals surface area contributed by atoms with E-state index >= 15 is 0 Å². The molecule has 0 aliphatic carbocycles. The summed E-state index contributed by atoms with van der Waals surface area (Å²) in [7, 11) is 0. The maximum absolute atomic E-state index is 5.78. The summed E-state index contributed by atoms with van der Waals surface area (Å²) in [5.74, 6) is 0.837. The molecule has 3 rings (SSSR count). The van der Waals surface area contributed by atoms with Crippen molar-refractivity contribution in [2.45, 2.75) is 4.90 Å². The molecule has 4 heteroatoms. The van der Waals surface area contributed by atoms with E-state index in [1.54, 1.807) is 11.8 Å². The minimum absolute atomic E-state index is 0.757. The van der Waals surface area contributed by atoms with Gasteiger partial charge >= 0.3 is 0 Å². The molecule has 0 saturated carbocycles. The Morgan fingerprint density at radius 2 is 1.90 bits per heavy atom. The highest BCUT2D eigenvalue weighted by molar-refractivity contribution is 7.98. The zero-order chi connectivity index (χ0) is 13.9. The zero-order valence-corrected chi connectivity index (χ0v) is 11.9. The molecule has 2 aromatic carbocycles.